The summed E-state index contributed by atoms with van der Waals surface area (Å²) in [5.41, 5.74) is 0. The van der Waals surface area contributed by atoms with Crippen molar-refractivity contribution in [3.8, 4) is 0 Å². The van der Waals surface area contributed by atoms with E-state index < -0.39 is 0 Å². The van der Waals surface area contributed by atoms with Crippen LogP contribution in [0.4, 0.5) is 0 Å². The number of rotatable bonds is 7. The summed E-state index contributed by atoms with van der Waals surface area (Å²) in [5.74, 6) is 0. The van der Waals surface area contributed by atoms with Crippen molar-refractivity contribution >= 4 is 22.6 Å². The minimum Gasteiger partial charge on any atom is -0.0755 e. The Kier molecular flexibility index (Phi) is 9.93. The highest BCUT2D eigenvalue weighted by Crippen LogP contribution is 2.10. The third kappa shape index (κ3) is 10.5. The van der Waals surface area contributed by atoms with Crippen LogP contribution in [0.1, 0.15) is 58.8 Å². The Morgan fingerprint density at radius 1 is 1.08 bits per heavy atom. The second-order valence-corrected chi connectivity index (χ2v) is 5.05. The van der Waals surface area contributed by atoms with E-state index in [1.165, 1.54) is 48.5 Å². The summed E-state index contributed by atoms with van der Waals surface area (Å²) < 4.78 is 1.43. The molecule has 0 aromatic rings. The second-order valence-electron chi connectivity index (χ2n) is 3.35. The fourth-order valence-corrected chi connectivity index (χ4v) is 1.54. The minimum atomic E-state index is 1.28. The molecular weight excluding hydrogens is 259 g/mol. The number of allylic oxidation sites excluding steroid dienone is 2. The third-order valence-electron chi connectivity index (χ3n) is 1.98. The van der Waals surface area contributed by atoms with E-state index in [1.54, 1.807) is 0 Å². The van der Waals surface area contributed by atoms with Crippen LogP contribution < -0.4 is 0 Å². The Morgan fingerprint density at radius 2 is 1.67 bits per heavy atom. The minimum absolute atomic E-state index is 1.28. The Balaban J connectivity index is 2.96. The highest BCUT2D eigenvalue weighted by atomic mass is 127. The molecule has 12 heavy (non-hydrogen) atoms. The zero-order valence-electron chi connectivity index (χ0n) is 8.41. The lowest BCUT2D eigenvalue weighted by atomic mass is 10.1. The van der Waals surface area contributed by atoms with E-state index in [2.05, 4.69) is 42.5 Å². The first-order chi connectivity index (χ1) is 5.77. The standard InChI is InChI=1S/C11H21I/c1-3-4-5-6-7-8-9-10-11(2)12/h10H,3-9H2,1-2H3/b11-10+. The molecule has 0 saturated carbocycles. The predicted octanol–water partition coefficient (Wildman–Crippen LogP) is 5.08. The molecule has 0 heterocycles. The van der Waals surface area contributed by atoms with Crippen LogP contribution in [0.25, 0.3) is 0 Å². The molecule has 0 spiro atoms. The maximum atomic E-state index is 2.38. The third-order valence-corrected chi connectivity index (χ3v) is 2.42. The van der Waals surface area contributed by atoms with E-state index in [0.29, 0.717) is 0 Å². The summed E-state index contributed by atoms with van der Waals surface area (Å²) in [6.45, 7) is 4.43. The average Bonchev–Trinajstić information content (AvgIpc) is 2.02. The summed E-state index contributed by atoms with van der Waals surface area (Å²) in [6, 6.07) is 0. The molecule has 1 heteroatoms. The molecule has 0 aliphatic heterocycles. The van der Waals surface area contributed by atoms with E-state index in [-0.39, 0.29) is 0 Å². The van der Waals surface area contributed by atoms with Gasteiger partial charge in [-0.2, -0.15) is 0 Å². The van der Waals surface area contributed by atoms with E-state index in [1.807, 2.05) is 0 Å². The Morgan fingerprint density at radius 3 is 2.25 bits per heavy atom. The fourth-order valence-electron chi connectivity index (χ4n) is 1.23. The van der Waals surface area contributed by atoms with Gasteiger partial charge in [-0.3, -0.25) is 0 Å². The molecule has 0 unspecified atom stereocenters. The van der Waals surface area contributed by atoms with Crippen molar-refractivity contribution in [1.29, 1.82) is 0 Å². The molecule has 72 valence electrons. The number of hydrogen-bond donors (Lipinski definition) is 0. The molecule has 0 atom stereocenters. The fraction of sp³-hybridized carbons (Fsp3) is 0.818. The average molecular weight is 280 g/mol. The molecule has 0 saturated heterocycles. The number of hydrogen-bond acceptors (Lipinski definition) is 0. The topological polar surface area (TPSA) is 0 Å². The molecule has 0 rings (SSSR count). The van der Waals surface area contributed by atoms with Gasteiger partial charge in [-0.05, 0) is 45.9 Å². The van der Waals surface area contributed by atoms with Gasteiger partial charge in [0.2, 0.25) is 0 Å². The smallest absolute Gasteiger partial charge is 0.0165 e. The normalized spacial score (nSPS) is 12.1. The lowest BCUT2D eigenvalue weighted by Gasteiger charge is -1.97. The maximum Gasteiger partial charge on any atom is -0.0165 e. The molecule has 0 bridgehead atoms. The van der Waals surface area contributed by atoms with Crippen LogP contribution in [0, 0.1) is 0 Å². The van der Waals surface area contributed by atoms with Crippen molar-refractivity contribution in [2.45, 2.75) is 58.8 Å². The van der Waals surface area contributed by atoms with Crippen molar-refractivity contribution in [2.24, 2.45) is 0 Å². The van der Waals surface area contributed by atoms with E-state index in [4.69, 9.17) is 0 Å². The van der Waals surface area contributed by atoms with Gasteiger partial charge in [-0.1, -0.05) is 45.1 Å². The van der Waals surface area contributed by atoms with Crippen molar-refractivity contribution in [1.82, 2.24) is 0 Å². The molecule has 0 aliphatic rings. The molecule has 0 aromatic carbocycles. The summed E-state index contributed by atoms with van der Waals surface area (Å²) in [5, 5.41) is 0. The van der Waals surface area contributed by atoms with Crippen LogP contribution in [-0.2, 0) is 0 Å². The second kappa shape index (κ2) is 9.56. The van der Waals surface area contributed by atoms with Crippen molar-refractivity contribution < 1.29 is 0 Å². The first-order valence-electron chi connectivity index (χ1n) is 5.09. The summed E-state index contributed by atoms with van der Waals surface area (Å²) in [7, 11) is 0. The zero-order valence-corrected chi connectivity index (χ0v) is 10.6. The quantitative estimate of drug-likeness (QED) is 0.451. The largest absolute Gasteiger partial charge is 0.0755 e. The van der Waals surface area contributed by atoms with Crippen molar-refractivity contribution in [3.05, 3.63) is 9.66 Å². The Labute approximate surface area is 91.0 Å². The van der Waals surface area contributed by atoms with Crippen LogP contribution in [0.5, 0.6) is 0 Å². The van der Waals surface area contributed by atoms with Gasteiger partial charge < -0.3 is 0 Å². The van der Waals surface area contributed by atoms with Crippen molar-refractivity contribution in [2.75, 3.05) is 0 Å². The molecule has 0 radical (unpaired) electrons. The van der Waals surface area contributed by atoms with Crippen LogP contribution >= 0.6 is 22.6 Å². The Bertz CT molecular complexity index is 112. The molecule has 0 aliphatic carbocycles. The van der Waals surface area contributed by atoms with Gasteiger partial charge in [-0.15, -0.1) is 0 Å². The maximum absolute atomic E-state index is 2.38. The molecule has 0 aromatic heterocycles. The van der Waals surface area contributed by atoms with E-state index >= 15 is 0 Å². The highest BCUT2D eigenvalue weighted by molar-refractivity contribution is 14.1. The summed E-state index contributed by atoms with van der Waals surface area (Å²) in [6.07, 6.45) is 12.0. The number of unbranched alkanes of at least 4 members (excludes halogenated alkanes) is 6. The van der Waals surface area contributed by atoms with Crippen LogP contribution in [0.15, 0.2) is 9.66 Å². The summed E-state index contributed by atoms with van der Waals surface area (Å²) >= 11 is 2.38. The van der Waals surface area contributed by atoms with Gasteiger partial charge in [-0.25, -0.2) is 0 Å². The lowest BCUT2D eigenvalue weighted by Crippen LogP contribution is -1.77. The van der Waals surface area contributed by atoms with Gasteiger partial charge in [0.1, 0.15) is 0 Å². The first kappa shape index (κ1) is 12.5. The zero-order chi connectivity index (χ0) is 9.23. The van der Waals surface area contributed by atoms with E-state index in [9.17, 15) is 0 Å². The Hall–Kier alpha value is 0.470. The summed E-state index contributed by atoms with van der Waals surface area (Å²) in [4.78, 5) is 0. The molecule has 0 nitrogen and oxygen atoms in total. The van der Waals surface area contributed by atoms with Gasteiger partial charge in [0, 0.05) is 0 Å². The van der Waals surface area contributed by atoms with Gasteiger partial charge in [0.05, 0.1) is 0 Å². The SMILES string of the molecule is CCCCCCCC/C=C(\C)I. The number of halogens is 1. The van der Waals surface area contributed by atoms with Gasteiger partial charge in [0.15, 0.2) is 0 Å². The van der Waals surface area contributed by atoms with Crippen LogP contribution in [0.3, 0.4) is 0 Å². The van der Waals surface area contributed by atoms with Gasteiger partial charge >= 0.3 is 0 Å². The first-order valence-corrected chi connectivity index (χ1v) is 6.17. The van der Waals surface area contributed by atoms with Crippen LogP contribution in [-0.4, -0.2) is 0 Å². The van der Waals surface area contributed by atoms with Gasteiger partial charge in [0.25, 0.3) is 0 Å². The monoisotopic (exact) mass is 280 g/mol. The van der Waals surface area contributed by atoms with Crippen molar-refractivity contribution in [3.63, 3.8) is 0 Å². The van der Waals surface area contributed by atoms with E-state index in [0.717, 1.165) is 0 Å². The van der Waals surface area contributed by atoms with Crippen LogP contribution in [0.2, 0.25) is 0 Å². The molecule has 0 amide bonds. The predicted molar refractivity (Wildman–Crippen MR) is 65.8 cm³/mol. The lowest BCUT2D eigenvalue weighted by molar-refractivity contribution is 0.611. The molecule has 0 N–H and O–H groups in total. The highest BCUT2D eigenvalue weighted by Gasteiger charge is 1.88. The molecular formula is C11H21I. The molecule has 0 fully saturated rings.